The molecule has 8 N–H and O–H groups in total. The molecule has 0 rings (SSSR count). The molecule has 0 aromatic rings. The lowest BCUT2D eigenvalue weighted by molar-refractivity contribution is -0.142. The number of hydrogen-bond donors (Lipinski definition) is 7. The number of thiol groups is 1. The first-order chi connectivity index (χ1) is 14.4. The van der Waals surface area contributed by atoms with E-state index >= 15 is 0 Å². The molecule has 0 aromatic heterocycles. The number of carbonyl (C=O) groups excluding carboxylic acids is 4. The maximum atomic E-state index is 12.7. The van der Waals surface area contributed by atoms with Crippen LogP contribution in [0.2, 0.25) is 0 Å². The van der Waals surface area contributed by atoms with Gasteiger partial charge in [-0.15, -0.1) is 0 Å². The Labute approximate surface area is 191 Å². The highest BCUT2D eigenvalue weighted by Crippen LogP contribution is 2.07. The topological polar surface area (TPSA) is 194 Å². The van der Waals surface area contributed by atoms with Crippen LogP contribution in [0.25, 0.3) is 0 Å². The summed E-state index contributed by atoms with van der Waals surface area (Å²) < 4.78 is 0. The molecule has 0 radical (unpaired) electrons. The van der Waals surface area contributed by atoms with Crippen molar-refractivity contribution in [1.82, 2.24) is 16.0 Å². The first-order valence-corrected chi connectivity index (χ1v) is 11.7. The molecule has 13 heteroatoms. The van der Waals surface area contributed by atoms with E-state index in [0.717, 1.165) is 0 Å². The molecule has 178 valence electrons. The molecule has 0 heterocycles. The second kappa shape index (κ2) is 14.9. The summed E-state index contributed by atoms with van der Waals surface area (Å²) in [5.41, 5.74) is 10.6. The zero-order valence-electron chi connectivity index (χ0n) is 17.9. The summed E-state index contributed by atoms with van der Waals surface area (Å²) in [6.07, 6.45) is 1.91. The van der Waals surface area contributed by atoms with Gasteiger partial charge in [-0.25, -0.2) is 4.79 Å². The number of nitrogens with one attached hydrogen (secondary N) is 3. The second-order valence-electron chi connectivity index (χ2n) is 7.39. The lowest BCUT2D eigenvalue weighted by atomic mass is 10.0. The highest BCUT2D eigenvalue weighted by molar-refractivity contribution is 7.98. The van der Waals surface area contributed by atoms with E-state index in [1.165, 1.54) is 11.8 Å². The van der Waals surface area contributed by atoms with Gasteiger partial charge in [0.1, 0.15) is 18.1 Å². The van der Waals surface area contributed by atoms with Gasteiger partial charge < -0.3 is 32.5 Å². The summed E-state index contributed by atoms with van der Waals surface area (Å²) in [6, 6.07) is -4.44. The second-order valence-corrected chi connectivity index (χ2v) is 8.74. The van der Waals surface area contributed by atoms with Gasteiger partial charge in [0.15, 0.2) is 0 Å². The SMILES string of the molecule is CSCCC(NC(=O)C(N)CC(N)=O)C(=O)NC(CS)C(=O)NC(CC(C)C)C(=O)O. The Balaban J connectivity index is 5.20. The minimum absolute atomic E-state index is 0.0289. The van der Waals surface area contributed by atoms with Crippen LogP contribution in [0, 0.1) is 5.92 Å². The van der Waals surface area contributed by atoms with Crippen LogP contribution in [0.1, 0.15) is 33.1 Å². The molecule has 4 amide bonds. The third-order valence-electron chi connectivity index (χ3n) is 4.14. The number of nitrogens with two attached hydrogens (primary N) is 2. The van der Waals surface area contributed by atoms with Crippen LogP contribution in [-0.4, -0.2) is 76.6 Å². The predicted octanol–water partition coefficient (Wildman–Crippen LogP) is -1.54. The summed E-state index contributed by atoms with van der Waals surface area (Å²) in [4.78, 5) is 59.7. The molecule has 11 nitrogen and oxygen atoms in total. The van der Waals surface area contributed by atoms with E-state index in [1.54, 1.807) is 0 Å². The van der Waals surface area contributed by atoms with E-state index in [4.69, 9.17) is 11.5 Å². The van der Waals surface area contributed by atoms with E-state index in [2.05, 4.69) is 28.6 Å². The van der Waals surface area contributed by atoms with Crippen molar-refractivity contribution in [3.63, 3.8) is 0 Å². The van der Waals surface area contributed by atoms with Crippen LogP contribution in [-0.2, 0) is 24.0 Å². The fourth-order valence-electron chi connectivity index (χ4n) is 2.52. The van der Waals surface area contributed by atoms with Crippen LogP contribution >= 0.6 is 24.4 Å². The van der Waals surface area contributed by atoms with E-state index in [0.29, 0.717) is 5.75 Å². The highest BCUT2D eigenvalue weighted by Gasteiger charge is 2.30. The van der Waals surface area contributed by atoms with Crippen molar-refractivity contribution in [3.8, 4) is 0 Å². The summed E-state index contributed by atoms with van der Waals surface area (Å²) in [5.74, 6) is -3.55. The van der Waals surface area contributed by atoms with Crippen molar-refractivity contribution in [3.05, 3.63) is 0 Å². The van der Waals surface area contributed by atoms with Crippen molar-refractivity contribution >= 4 is 54.0 Å². The van der Waals surface area contributed by atoms with Crippen LogP contribution < -0.4 is 27.4 Å². The number of hydrogen-bond acceptors (Lipinski definition) is 8. The van der Waals surface area contributed by atoms with Crippen molar-refractivity contribution in [2.24, 2.45) is 17.4 Å². The molecule has 0 fully saturated rings. The fourth-order valence-corrected chi connectivity index (χ4v) is 3.25. The molecule has 31 heavy (non-hydrogen) atoms. The maximum Gasteiger partial charge on any atom is 0.326 e. The fraction of sp³-hybridized carbons (Fsp3) is 0.722. The third-order valence-corrected chi connectivity index (χ3v) is 5.15. The smallest absolute Gasteiger partial charge is 0.326 e. The van der Waals surface area contributed by atoms with Gasteiger partial charge in [-0.2, -0.15) is 24.4 Å². The van der Waals surface area contributed by atoms with Crippen molar-refractivity contribution in [1.29, 1.82) is 0 Å². The van der Waals surface area contributed by atoms with Crippen LogP contribution in [0.4, 0.5) is 0 Å². The van der Waals surface area contributed by atoms with E-state index in [-0.39, 0.29) is 30.9 Å². The summed E-state index contributed by atoms with van der Waals surface area (Å²) in [7, 11) is 0. The lowest BCUT2D eigenvalue weighted by Crippen LogP contribution is -2.58. The normalized spacial score (nSPS) is 14.8. The molecular formula is C18H33N5O6S2. The van der Waals surface area contributed by atoms with Gasteiger partial charge in [0, 0.05) is 5.75 Å². The number of carboxylic acids is 1. The van der Waals surface area contributed by atoms with E-state index in [1.807, 2.05) is 20.1 Å². The van der Waals surface area contributed by atoms with Gasteiger partial charge >= 0.3 is 5.97 Å². The molecular weight excluding hydrogens is 446 g/mol. The first-order valence-electron chi connectivity index (χ1n) is 9.70. The minimum atomic E-state index is -1.21. The zero-order chi connectivity index (χ0) is 24.1. The molecule has 0 spiro atoms. The summed E-state index contributed by atoms with van der Waals surface area (Å²) >= 11 is 5.51. The molecule has 4 unspecified atom stereocenters. The molecule has 0 saturated heterocycles. The standard InChI is InChI=1S/C18H33N5O6S2/c1-9(2)6-12(18(28)29)22-17(27)13(8-30)23-16(26)11(4-5-31-3)21-15(25)10(19)7-14(20)24/h9-13,30H,4-8,19H2,1-3H3,(H2,20,24)(H,21,25)(H,22,27)(H,23,26)(H,28,29). The largest absolute Gasteiger partial charge is 0.480 e. The maximum absolute atomic E-state index is 12.7. The minimum Gasteiger partial charge on any atom is -0.480 e. The average molecular weight is 480 g/mol. The number of aliphatic carboxylic acids is 1. The molecule has 0 aliphatic rings. The van der Waals surface area contributed by atoms with Gasteiger partial charge in [-0.3, -0.25) is 19.2 Å². The molecule has 0 aliphatic heterocycles. The first kappa shape index (κ1) is 29.0. The number of carbonyl (C=O) groups is 5. The van der Waals surface area contributed by atoms with Crippen molar-refractivity contribution in [2.75, 3.05) is 17.8 Å². The Morgan fingerprint density at radius 1 is 0.968 bits per heavy atom. The van der Waals surface area contributed by atoms with Gasteiger partial charge in [0.2, 0.25) is 23.6 Å². The summed E-state index contributed by atoms with van der Waals surface area (Å²) in [5, 5.41) is 16.6. The average Bonchev–Trinajstić information content (AvgIpc) is 2.67. The third kappa shape index (κ3) is 11.8. The monoisotopic (exact) mass is 479 g/mol. The van der Waals surface area contributed by atoms with Crippen LogP contribution in [0.3, 0.4) is 0 Å². The Morgan fingerprint density at radius 3 is 1.94 bits per heavy atom. The molecule has 0 aliphatic carbocycles. The quantitative estimate of drug-likeness (QED) is 0.137. The van der Waals surface area contributed by atoms with Gasteiger partial charge in [0.25, 0.3) is 0 Å². The number of rotatable bonds is 15. The Hall–Kier alpha value is -1.99. The summed E-state index contributed by atoms with van der Waals surface area (Å²) in [6.45, 7) is 3.64. The Morgan fingerprint density at radius 2 is 1.48 bits per heavy atom. The van der Waals surface area contributed by atoms with E-state index in [9.17, 15) is 29.1 Å². The van der Waals surface area contributed by atoms with Gasteiger partial charge in [-0.05, 0) is 30.8 Å². The molecule has 0 aromatic carbocycles. The number of thioether (sulfide) groups is 1. The van der Waals surface area contributed by atoms with Crippen LogP contribution in [0.5, 0.6) is 0 Å². The van der Waals surface area contributed by atoms with Crippen molar-refractivity contribution in [2.45, 2.75) is 57.3 Å². The Kier molecular flexibility index (Phi) is 14.0. The number of amides is 4. The predicted molar refractivity (Wildman–Crippen MR) is 122 cm³/mol. The van der Waals surface area contributed by atoms with Gasteiger partial charge in [-0.1, -0.05) is 13.8 Å². The molecule has 0 saturated carbocycles. The lowest BCUT2D eigenvalue weighted by Gasteiger charge is -2.24. The van der Waals surface area contributed by atoms with Crippen molar-refractivity contribution < 1.29 is 29.1 Å². The molecule has 0 bridgehead atoms. The van der Waals surface area contributed by atoms with E-state index < -0.39 is 53.8 Å². The number of primary amides is 1. The highest BCUT2D eigenvalue weighted by atomic mass is 32.2. The molecule has 4 atom stereocenters. The van der Waals surface area contributed by atoms with Crippen LogP contribution in [0.15, 0.2) is 0 Å². The van der Waals surface area contributed by atoms with Gasteiger partial charge in [0.05, 0.1) is 12.5 Å². The zero-order valence-corrected chi connectivity index (χ0v) is 19.6. The number of carboxylic acid groups (broad SMARTS) is 1. The Bertz CT molecular complexity index is 649.